The standard InChI is InChI=1S/C16H16N2O3/c1-11-3-5-12(6-4-11)10-18(2)15(19)13-7-8-17-14(9-13)16(20)21/h3-9H,10H2,1-2H3,(H,20,21). The molecule has 2 rings (SSSR count). The van der Waals surface area contributed by atoms with E-state index in [1.54, 1.807) is 11.9 Å². The van der Waals surface area contributed by atoms with Crippen LogP contribution in [0.5, 0.6) is 0 Å². The molecule has 0 saturated carbocycles. The summed E-state index contributed by atoms with van der Waals surface area (Å²) in [6.45, 7) is 2.47. The van der Waals surface area contributed by atoms with Crippen molar-refractivity contribution in [2.24, 2.45) is 0 Å². The summed E-state index contributed by atoms with van der Waals surface area (Å²) < 4.78 is 0. The van der Waals surface area contributed by atoms with Crippen LogP contribution in [-0.4, -0.2) is 33.9 Å². The highest BCUT2D eigenvalue weighted by atomic mass is 16.4. The molecule has 1 amide bonds. The van der Waals surface area contributed by atoms with E-state index in [9.17, 15) is 9.59 Å². The summed E-state index contributed by atoms with van der Waals surface area (Å²) in [7, 11) is 1.68. The molecular weight excluding hydrogens is 268 g/mol. The molecule has 0 aliphatic carbocycles. The molecule has 0 unspecified atom stereocenters. The Balaban J connectivity index is 2.13. The number of carbonyl (C=O) groups excluding carboxylic acids is 1. The van der Waals surface area contributed by atoms with Crippen molar-refractivity contribution in [1.29, 1.82) is 0 Å². The third kappa shape index (κ3) is 3.66. The Labute approximate surface area is 122 Å². The largest absolute Gasteiger partial charge is 0.477 e. The first-order chi connectivity index (χ1) is 9.97. The molecule has 0 bridgehead atoms. The predicted octanol–water partition coefficient (Wildman–Crippen LogP) is 2.36. The molecule has 0 aliphatic rings. The van der Waals surface area contributed by atoms with Crippen molar-refractivity contribution in [1.82, 2.24) is 9.88 Å². The zero-order chi connectivity index (χ0) is 15.4. The van der Waals surface area contributed by atoms with E-state index >= 15 is 0 Å². The lowest BCUT2D eigenvalue weighted by molar-refractivity contribution is 0.0690. The van der Waals surface area contributed by atoms with Crippen LogP contribution >= 0.6 is 0 Å². The number of aromatic carboxylic acids is 1. The van der Waals surface area contributed by atoms with Crippen molar-refractivity contribution < 1.29 is 14.7 Å². The molecule has 0 spiro atoms. The Morgan fingerprint density at radius 2 is 1.86 bits per heavy atom. The van der Waals surface area contributed by atoms with Gasteiger partial charge in [0.15, 0.2) is 0 Å². The quantitative estimate of drug-likeness (QED) is 0.935. The average molecular weight is 284 g/mol. The molecule has 5 heteroatoms. The summed E-state index contributed by atoms with van der Waals surface area (Å²) >= 11 is 0. The van der Waals surface area contributed by atoms with Gasteiger partial charge in [-0.1, -0.05) is 29.8 Å². The second kappa shape index (κ2) is 6.17. The number of rotatable bonds is 4. The highest BCUT2D eigenvalue weighted by molar-refractivity contribution is 5.96. The maximum absolute atomic E-state index is 12.3. The van der Waals surface area contributed by atoms with Gasteiger partial charge in [0.25, 0.3) is 5.91 Å². The van der Waals surface area contributed by atoms with E-state index in [1.165, 1.54) is 18.3 Å². The number of carboxylic acid groups (broad SMARTS) is 1. The monoisotopic (exact) mass is 284 g/mol. The molecule has 1 aromatic heterocycles. The molecular formula is C16H16N2O3. The Bertz CT molecular complexity index is 665. The lowest BCUT2D eigenvalue weighted by atomic mass is 10.1. The van der Waals surface area contributed by atoms with Gasteiger partial charge >= 0.3 is 5.97 Å². The molecule has 0 radical (unpaired) electrons. The minimum atomic E-state index is -1.15. The molecule has 0 aliphatic heterocycles. The van der Waals surface area contributed by atoms with Gasteiger partial charge in [0.1, 0.15) is 5.69 Å². The maximum atomic E-state index is 12.3. The average Bonchev–Trinajstić information content (AvgIpc) is 2.49. The van der Waals surface area contributed by atoms with Crippen LogP contribution in [0.25, 0.3) is 0 Å². The molecule has 1 aromatic carbocycles. The van der Waals surface area contributed by atoms with Gasteiger partial charge in [-0.3, -0.25) is 4.79 Å². The number of aryl methyl sites for hydroxylation is 1. The third-order valence-electron chi connectivity index (χ3n) is 3.11. The van der Waals surface area contributed by atoms with Crippen molar-refractivity contribution in [3.05, 3.63) is 65.0 Å². The molecule has 1 N–H and O–H groups in total. The van der Waals surface area contributed by atoms with Crippen LogP contribution in [0.3, 0.4) is 0 Å². The first-order valence-corrected chi connectivity index (χ1v) is 6.47. The number of hydrogen-bond acceptors (Lipinski definition) is 3. The van der Waals surface area contributed by atoms with Crippen LogP contribution in [0.2, 0.25) is 0 Å². The molecule has 2 aromatic rings. The molecule has 0 fully saturated rings. The SMILES string of the molecule is Cc1ccc(CN(C)C(=O)c2ccnc(C(=O)O)c2)cc1. The van der Waals surface area contributed by atoms with Gasteiger partial charge in [-0.15, -0.1) is 0 Å². The van der Waals surface area contributed by atoms with Crippen LogP contribution in [-0.2, 0) is 6.54 Å². The first-order valence-electron chi connectivity index (χ1n) is 6.47. The molecule has 108 valence electrons. The van der Waals surface area contributed by atoms with Crippen LogP contribution in [0.4, 0.5) is 0 Å². The number of benzene rings is 1. The molecule has 0 atom stereocenters. The van der Waals surface area contributed by atoms with Crippen LogP contribution in [0, 0.1) is 6.92 Å². The molecule has 5 nitrogen and oxygen atoms in total. The summed E-state index contributed by atoms with van der Waals surface area (Å²) in [6, 6.07) is 10.7. The zero-order valence-electron chi connectivity index (χ0n) is 11.9. The number of hydrogen-bond donors (Lipinski definition) is 1. The Morgan fingerprint density at radius 3 is 2.48 bits per heavy atom. The van der Waals surface area contributed by atoms with E-state index in [0.29, 0.717) is 12.1 Å². The molecule has 1 heterocycles. The summed E-state index contributed by atoms with van der Waals surface area (Å²) in [5.41, 5.74) is 2.36. The summed E-state index contributed by atoms with van der Waals surface area (Å²) in [6.07, 6.45) is 1.33. The topological polar surface area (TPSA) is 70.5 Å². The van der Waals surface area contributed by atoms with Crippen molar-refractivity contribution in [2.75, 3.05) is 7.05 Å². The molecule has 0 saturated heterocycles. The summed E-state index contributed by atoms with van der Waals surface area (Å²) in [5, 5.41) is 8.90. The fourth-order valence-corrected chi connectivity index (χ4v) is 1.94. The second-order valence-corrected chi connectivity index (χ2v) is 4.88. The van der Waals surface area contributed by atoms with E-state index in [-0.39, 0.29) is 11.6 Å². The number of aromatic nitrogens is 1. The Morgan fingerprint density at radius 1 is 1.19 bits per heavy atom. The van der Waals surface area contributed by atoms with Crippen molar-refractivity contribution in [2.45, 2.75) is 13.5 Å². The smallest absolute Gasteiger partial charge is 0.354 e. The minimum absolute atomic E-state index is 0.135. The van der Waals surface area contributed by atoms with Crippen molar-refractivity contribution >= 4 is 11.9 Å². The van der Waals surface area contributed by atoms with Gasteiger partial charge in [-0.2, -0.15) is 0 Å². The number of pyridine rings is 1. The summed E-state index contributed by atoms with van der Waals surface area (Å²) in [4.78, 5) is 28.4. The molecule has 21 heavy (non-hydrogen) atoms. The van der Waals surface area contributed by atoms with Gasteiger partial charge in [-0.05, 0) is 24.6 Å². The highest BCUT2D eigenvalue weighted by Crippen LogP contribution is 2.10. The zero-order valence-corrected chi connectivity index (χ0v) is 11.9. The number of carbonyl (C=O) groups is 2. The fourth-order valence-electron chi connectivity index (χ4n) is 1.94. The van der Waals surface area contributed by atoms with Gasteiger partial charge in [0.05, 0.1) is 0 Å². The number of carboxylic acids is 1. The summed E-state index contributed by atoms with van der Waals surface area (Å²) in [5.74, 6) is -1.38. The Kier molecular flexibility index (Phi) is 4.33. The minimum Gasteiger partial charge on any atom is -0.477 e. The van der Waals surface area contributed by atoms with Crippen LogP contribution in [0.15, 0.2) is 42.6 Å². The van der Waals surface area contributed by atoms with Gasteiger partial charge in [-0.25, -0.2) is 9.78 Å². The highest BCUT2D eigenvalue weighted by Gasteiger charge is 2.14. The second-order valence-electron chi connectivity index (χ2n) is 4.88. The number of amides is 1. The first kappa shape index (κ1) is 14.7. The van der Waals surface area contributed by atoms with Gasteiger partial charge in [0.2, 0.25) is 0 Å². The van der Waals surface area contributed by atoms with Gasteiger partial charge < -0.3 is 10.0 Å². The predicted molar refractivity (Wildman–Crippen MR) is 78.2 cm³/mol. The number of nitrogens with zero attached hydrogens (tertiary/aromatic N) is 2. The fraction of sp³-hybridized carbons (Fsp3) is 0.188. The van der Waals surface area contributed by atoms with Gasteiger partial charge in [0, 0.05) is 25.4 Å². The van der Waals surface area contributed by atoms with Crippen LogP contribution < -0.4 is 0 Å². The van der Waals surface area contributed by atoms with Crippen molar-refractivity contribution in [3.63, 3.8) is 0 Å². The normalized spacial score (nSPS) is 10.2. The maximum Gasteiger partial charge on any atom is 0.354 e. The van der Waals surface area contributed by atoms with E-state index < -0.39 is 5.97 Å². The lowest BCUT2D eigenvalue weighted by Gasteiger charge is -2.17. The van der Waals surface area contributed by atoms with E-state index in [0.717, 1.165) is 11.1 Å². The lowest BCUT2D eigenvalue weighted by Crippen LogP contribution is -2.26. The Hall–Kier alpha value is -2.69. The third-order valence-corrected chi connectivity index (χ3v) is 3.11. The van der Waals surface area contributed by atoms with Crippen molar-refractivity contribution in [3.8, 4) is 0 Å². The van der Waals surface area contributed by atoms with Crippen LogP contribution in [0.1, 0.15) is 32.0 Å². The van der Waals surface area contributed by atoms with E-state index in [4.69, 9.17) is 5.11 Å². The van der Waals surface area contributed by atoms with E-state index in [1.807, 2.05) is 31.2 Å². The van der Waals surface area contributed by atoms with E-state index in [2.05, 4.69) is 4.98 Å².